The Kier molecular flexibility index (Phi) is 9.88. The lowest BCUT2D eigenvalue weighted by molar-refractivity contribution is -0.137. The maximum Gasteiger partial charge on any atom is 0.416 e. The summed E-state index contributed by atoms with van der Waals surface area (Å²) in [6.45, 7) is 3.32. The molecular weight excluding hydrogens is 579 g/mol. The van der Waals surface area contributed by atoms with Gasteiger partial charge in [0.25, 0.3) is 5.91 Å². The first-order valence-electron chi connectivity index (χ1n) is 13.3. The molecule has 0 saturated heterocycles. The normalized spacial score (nSPS) is 13.0. The summed E-state index contributed by atoms with van der Waals surface area (Å²) in [5.41, 5.74) is 0.866. The highest BCUT2D eigenvalue weighted by atomic mass is 19.4. The number of anilines is 2. The number of pyridine rings is 2. The molecule has 3 aromatic rings. The largest absolute Gasteiger partial charge is 0.493 e. The molecule has 0 fully saturated rings. The number of rotatable bonds is 11. The first-order chi connectivity index (χ1) is 21.0. The zero-order valence-corrected chi connectivity index (χ0v) is 24.3. The van der Waals surface area contributed by atoms with E-state index in [-0.39, 0.29) is 18.2 Å². The van der Waals surface area contributed by atoms with Gasteiger partial charge in [-0.15, -0.1) is 0 Å². The fraction of sp³-hybridized carbons (Fsp3) is 0.226. The van der Waals surface area contributed by atoms with Crippen molar-refractivity contribution in [3.8, 4) is 11.5 Å². The number of benzene rings is 1. The summed E-state index contributed by atoms with van der Waals surface area (Å²) < 4.78 is 61.2. The molecule has 4 rings (SSSR count). The number of carbonyl (C=O) groups is 1. The summed E-state index contributed by atoms with van der Waals surface area (Å²) in [7, 11) is 3.11. The molecule has 1 aromatic carbocycles. The minimum absolute atomic E-state index is 0.112. The van der Waals surface area contributed by atoms with E-state index >= 15 is 0 Å². The fourth-order valence-electron chi connectivity index (χ4n) is 4.17. The Labute approximate surface area is 251 Å². The standard InChI is InChI=1S/C31H30F3N5O5/c1-5-43-27(17-37-22-9-6-19(14-18(22)2)31(32,33)34)29(35)30(40)39-28-11-7-20(16-38-28)44-24-12-13-36-23-15-26(42-4)25(41-3)10-8-21(23)24/h6-7,9-17,35,37H,5,8H2,1-4H3,(H,38,39,40)/b27-17+,35-29?. The first kappa shape index (κ1) is 31.6. The highest BCUT2D eigenvalue weighted by molar-refractivity contribution is 6.47. The van der Waals surface area contributed by atoms with Crippen LogP contribution in [0.25, 0.3) is 6.08 Å². The van der Waals surface area contributed by atoms with Gasteiger partial charge < -0.3 is 29.6 Å². The lowest BCUT2D eigenvalue weighted by Crippen LogP contribution is -2.25. The van der Waals surface area contributed by atoms with Crippen molar-refractivity contribution in [2.75, 3.05) is 31.5 Å². The Morgan fingerprint density at radius 3 is 2.50 bits per heavy atom. The summed E-state index contributed by atoms with van der Waals surface area (Å²) in [5, 5.41) is 13.7. The van der Waals surface area contributed by atoms with E-state index in [9.17, 15) is 18.0 Å². The van der Waals surface area contributed by atoms with Gasteiger partial charge in [-0.1, -0.05) is 0 Å². The molecule has 1 amide bonds. The topological polar surface area (TPSA) is 128 Å². The highest BCUT2D eigenvalue weighted by Gasteiger charge is 2.30. The quantitative estimate of drug-likeness (QED) is 0.164. The van der Waals surface area contributed by atoms with Crippen molar-refractivity contribution in [3.05, 3.63) is 101 Å². The molecule has 3 N–H and O–H groups in total. The number of nitrogens with zero attached hydrogens (tertiary/aromatic N) is 2. The van der Waals surface area contributed by atoms with Crippen LogP contribution < -0.4 is 15.4 Å². The predicted molar refractivity (Wildman–Crippen MR) is 158 cm³/mol. The van der Waals surface area contributed by atoms with Gasteiger partial charge in [-0.3, -0.25) is 15.2 Å². The van der Waals surface area contributed by atoms with Crippen LogP contribution in [-0.2, 0) is 31.6 Å². The molecule has 0 saturated carbocycles. The number of aromatic nitrogens is 2. The average molecular weight is 610 g/mol. The summed E-state index contributed by atoms with van der Waals surface area (Å²) >= 11 is 0. The number of aryl methyl sites for hydroxylation is 1. The van der Waals surface area contributed by atoms with Crippen LogP contribution in [0.4, 0.5) is 24.7 Å². The molecule has 2 heterocycles. The minimum Gasteiger partial charge on any atom is -0.493 e. The average Bonchev–Trinajstić information content (AvgIpc) is 3.19. The Hall–Kier alpha value is -5.33. The zero-order chi connectivity index (χ0) is 31.9. The molecule has 0 aliphatic heterocycles. The molecule has 0 bridgehead atoms. The Morgan fingerprint density at radius 1 is 1.09 bits per heavy atom. The van der Waals surface area contributed by atoms with Crippen LogP contribution >= 0.6 is 0 Å². The van der Waals surface area contributed by atoms with E-state index in [1.807, 2.05) is 6.08 Å². The summed E-state index contributed by atoms with van der Waals surface area (Å²) in [6, 6.07) is 8.05. The lowest BCUT2D eigenvalue weighted by atomic mass is 10.1. The molecule has 0 atom stereocenters. The molecule has 1 aliphatic rings. The van der Waals surface area contributed by atoms with Gasteiger partial charge in [0.05, 0.1) is 38.3 Å². The monoisotopic (exact) mass is 609 g/mol. The number of alkyl halides is 3. The summed E-state index contributed by atoms with van der Waals surface area (Å²) in [4.78, 5) is 21.4. The van der Waals surface area contributed by atoms with Crippen LogP contribution in [0.2, 0.25) is 0 Å². The van der Waals surface area contributed by atoms with Crippen LogP contribution in [-0.4, -0.2) is 42.4 Å². The van der Waals surface area contributed by atoms with Crippen LogP contribution in [0.3, 0.4) is 0 Å². The van der Waals surface area contributed by atoms with E-state index in [2.05, 4.69) is 20.6 Å². The SMILES string of the molecule is CCO/C(=C/Nc1ccc(C(F)(F)F)cc1C)C(=N)C(=O)Nc1ccc(Oc2ccnc3c2CC=C(OC)C(OC)=C3)cn1. The minimum atomic E-state index is -4.47. The van der Waals surface area contributed by atoms with Gasteiger partial charge in [0.2, 0.25) is 0 Å². The molecule has 44 heavy (non-hydrogen) atoms. The Balaban J connectivity index is 1.43. The third-order valence-electron chi connectivity index (χ3n) is 6.38. The second-order valence-electron chi connectivity index (χ2n) is 9.29. The Bertz CT molecular complexity index is 1630. The molecule has 2 aromatic heterocycles. The maximum atomic E-state index is 13.0. The fourth-order valence-corrected chi connectivity index (χ4v) is 4.17. The molecule has 0 radical (unpaired) electrons. The third kappa shape index (κ3) is 7.54. The lowest BCUT2D eigenvalue weighted by Gasteiger charge is -2.14. The number of halogens is 3. The number of hydrogen-bond donors (Lipinski definition) is 3. The molecule has 0 spiro atoms. The number of carbonyl (C=O) groups excluding carboxylic acids is 1. The van der Waals surface area contributed by atoms with E-state index in [0.717, 1.165) is 17.7 Å². The molecule has 1 aliphatic carbocycles. The molecule has 13 heteroatoms. The van der Waals surface area contributed by atoms with Crippen molar-refractivity contribution in [2.45, 2.75) is 26.4 Å². The van der Waals surface area contributed by atoms with E-state index in [4.69, 9.17) is 24.4 Å². The van der Waals surface area contributed by atoms with Gasteiger partial charge >= 0.3 is 6.18 Å². The van der Waals surface area contributed by atoms with Crippen molar-refractivity contribution in [3.63, 3.8) is 0 Å². The number of allylic oxidation sites excluding steroid dienone is 1. The van der Waals surface area contributed by atoms with Crippen LogP contribution in [0.5, 0.6) is 11.5 Å². The van der Waals surface area contributed by atoms with Crippen LogP contribution in [0, 0.1) is 12.3 Å². The van der Waals surface area contributed by atoms with Crippen LogP contribution in [0.15, 0.2) is 78.3 Å². The highest BCUT2D eigenvalue weighted by Crippen LogP contribution is 2.33. The zero-order valence-electron chi connectivity index (χ0n) is 24.3. The van der Waals surface area contributed by atoms with Crippen molar-refractivity contribution in [2.24, 2.45) is 0 Å². The maximum absolute atomic E-state index is 13.0. The number of ether oxygens (including phenoxy) is 4. The smallest absolute Gasteiger partial charge is 0.416 e. The third-order valence-corrected chi connectivity index (χ3v) is 6.38. The number of fused-ring (bicyclic) bond motifs is 1. The van der Waals surface area contributed by atoms with E-state index < -0.39 is 23.4 Å². The number of methoxy groups -OCH3 is 2. The van der Waals surface area contributed by atoms with E-state index in [1.165, 1.54) is 31.5 Å². The van der Waals surface area contributed by atoms with Crippen molar-refractivity contribution >= 4 is 29.2 Å². The van der Waals surface area contributed by atoms with Gasteiger partial charge in [0.1, 0.15) is 17.3 Å². The summed E-state index contributed by atoms with van der Waals surface area (Å²) in [5.74, 6) is 1.30. The molecule has 10 nitrogen and oxygen atoms in total. The first-order valence-corrected chi connectivity index (χ1v) is 13.3. The second kappa shape index (κ2) is 13.8. The molecule has 230 valence electrons. The van der Waals surface area contributed by atoms with Gasteiger partial charge in [0.15, 0.2) is 23.0 Å². The van der Waals surface area contributed by atoms with Gasteiger partial charge in [-0.25, -0.2) is 4.98 Å². The van der Waals surface area contributed by atoms with E-state index in [1.54, 1.807) is 45.5 Å². The predicted octanol–water partition coefficient (Wildman–Crippen LogP) is 6.62. The van der Waals surface area contributed by atoms with Crippen molar-refractivity contribution in [1.29, 1.82) is 5.41 Å². The molecule has 0 unspecified atom stereocenters. The number of amides is 1. The van der Waals surface area contributed by atoms with E-state index in [0.29, 0.717) is 46.4 Å². The second-order valence-corrected chi connectivity index (χ2v) is 9.29. The van der Waals surface area contributed by atoms with Crippen LogP contribution in [0.1, 0.15) is 29.3 Å². The van der Waals surface area contributed by atoms with Crippen molar-refractivity contribution < 1.29 is 36.9 Å². The Morgan fingerprint density at radius 2 is 1.86 bits per heavy atom. The van der Waals surface area contributed by atoms with Crippen molar-refractivity contribution in [1.82, 2.24) is 9.97 Å². The number of hydrogen-bond acceptors (Lipinski definition) is 9. The molecular formula is C31H30F3N5O5. The number of nitrogens with one attached hydrogen (secondary N) is 3. The summed E-state index contributed by atoms with van der Waals surface area (Å²) in [6.07, 6.45) is 3.93. The van der Waals surface area contributed by atoms with Gasteiger partial charge in [-0.2, -0.15) is 13.2 Å². The van der Waals surface area contributed by atoms with Gasteiger partial charge in [0, 0.05) is 36.1 Å². The van der Waals surface area contributed by atoms with Gasteiger partial charge in [-0.05, 0) is 61.9 Å².